The van der Waals surface area contributed by atoms with Crippen LogP contribution in [0.2, 0.25) is 0 Å². The summed E-state index contributed by atoms with van der Waals surface area (Å²) in [6.07, 6.45) is 0. The Balaban J connectivity index is -0.000000301. The molecule has 0 aliphatic carbocycles. The van der Waals surface area contributed by atoms with E-state index < -0.39 is 31.3 Å². The molecular formula is C8H15CuF6N3O6S2. The standard InChI is InChI=1S/C6H15N3.2CHF3O3S.Cu/c1-2-8-5-6-9-4-3-7-1;2*2-1(3,4)8(5,6)7;/h7-9H,1-6H2;2*(H,5,6,7);/q;;;+2/p-2. The molecule has 26 heavy (non-hydrogen) atoms. The van der Waals surface area contributed by atoms with Gasteiger partial charge in [-0.05, 0) is 0 Å². The van der Waals surface area contributed by atoms with Gasteiger partial charge in [-0.3, -0.25) is 0 Å². The van der Waals surface area contributed by atoms with Crippen molar-refractivity contribution in [2.45, 2.75) is 11.0 Å². The average Bonchev–Trinajstić information content (AvgIpc) is 2.50. The molecule has 0 saturated carbocycles. The second-order valence-corrected chi connectivity index (χ2v) is 6.79. The molecule has 1 heterocycles. The Hall–Kier alpha value is -0.201. The van der Waals surface area contributed by atoms with Gasteiger partial charge in [0.2, 0.25) is 0 Å². The third-order valence-corrected chi connectivity index (χ3v) is 3.14. The summed E-state index contributed by atoms with van der Waals surface area (Å²) in [4.78, 5) is 0. The van der Waals surface area contributed by atoms with Gasteiger partial charge in [-0.25, -0.2) is 16.8 Å². The Labute approximate surface area is 156 Å². The number of halogens is 6. The molecule has 1 rings (SSSR count). The molecular weight excluding hydrogens is 476 g/mol. The average molecular weight is 491 g/mol. The van der Waals surface area contributed by atoms with Gasteiger partial charge in [0.25, 0.3) is 0 Å². The van der Waals surface area contributed by atoms with E-state index in [4.69, 9.17) is 25.9 Å². The van der Waals surface area contributed by atoms with Crippen LogP contribution in [0.3, 0.4) is 0 Å². The Morgan fingerprint density at radius 2 is 0.692 bits per heavy atom. The molecule has 0 aromatic carbocycles. The van der Waals surface area contributed by atoms with Crippen molar-refractivity contribution in [2.24, 2.45) is 0 Å². The smallest absolute Gasteiger partial charge is 0.741 e. The number of hydrogen-bond donors (Lipinski definition) is 3. The van der Waals surface area contributed by atoms with Crippen LogP contribution in [0.15, 0.2) is 0 Å². The molecule has 163 valence electrons. The molecule has 1 radical (unpaired) electrons. The minimum absolute atomic E-state index is 0. The Morgan fingerprint density at radius 1 is 0.577 bits per heavy atom. The van der Waals surface area contributed by atoms with Crippen LogP contribution in [0.4, 0.5) is 26.3 Å². The van der Waals surface area contributed by atoms with E-state index in [0.717, 1.165) is 39.3 Å². The summed E-state index contributed by atoms with van der Waals surface area (Å²) >= 11 is 0. The fourth-order valence-electron chi connectivity index (χ4n) is 0.905. The number of hydrogen-bond acceptors (Lipinski definition) is 9. The Kier molecular flexibility index (Phi) is 15.3. The zero-order valence-electron chi connectivity index (χ0n) is 12.6. The second-order valence-electron chi connectivity index (χ2n) is 4.05. The molecule has 0 atom stereocenters. The minimum atomic E-state index is -6.09. The first-order valence-electron chi connectivity index (χ1n) is 6.16. The van der Waals surface area contributed by atoms with Gasteiger partial charge in [-0.2, -0.15) is 26.3 Å². The normalized spacial score (nSPS) is 16.9. The predicted molar refractivity (Wildman–Crippen MR) is 70.1 cm³/mol. The maximum absolute atomic E-state index is 10.7. The van der Waals surface area contributed by atoms with Gasteiger partial charge in [0.05, 0.1) is 0 Å². The van der Waals surface area contributed by atoms with Gasteiger partial charge in [-0.1, -0.05) is 0 Å². The first-order chi connectivity index (χ1) is 11.0. The summed E-state index contributed by atoms with van der Waals surface area (Å²) < 4.78 is 118. The van der Waals surface area contributed by atoms with Crippen LogP contribution < -0.4 is 16.0 Å². The van der Waals surface area contributed by atoms with Crippen LogP contribution in [0.5, 0.6) is 0 Å². The molecule has 0 aromatic heterocycles. The van der Waals surface area contributed by atoms with Gasteiger partial charge in [0.1, 0.15) is 0 Å². The van der Waals surface area contributed by atoms with Crippen LogP contribution in [0.1, 0.15) is 0 Å². The fraction of sp³-hybridized carbons (Fsp3) is 1.00. The van der Waals surface area contributed by atoms with Crippen LogP contribution in [-0.2, 0) is 37.3 Å². The molecule has 9 nitrogen and oxygen atoms in total. The van der Waals surface area contributed by atoms with E-state index in [1.54, 1.807) is 0 Å². The van der Waals surface area contributed by atoms with Crippen molar-refractivity contribution in [2.75, 3.05) is 39.3 Å². The molecule has 1 saturated heterocycles. The largest absolute Gasteiger partial charge is 2.00 e. The van der Waals surface area contributed by atoms with Crippen molar-refractivity contribution in [3.63, 3.8) is 0 Å². The van der Waals surface area contributed by atoms with Crippen molar-refractivity contribution in [3.8, 4) is 0 Å². The molecule has 0 aromatic rings. The van der Waals surface area contributed by atoms with Crippen LogP contribution in [-0.4, -0.2) is 76.2 Å². The zero-order chi connectivity index (χ0) is 20.4. The third kappa shape index (κ3) is 17.2. The molecule has 0 amide bonds. The molecule has 0 unspecified atom stereocenters. The maximum Gasteiger partial charge on any atom is 2.00 e. The molecule has 1 fully saturated rings. The fourth-order valence-corrected chi connectivity index (χ4v) is 0.905. The van der Waals surface area contributed by atoms with E-state index in [-0.39, 0.29) is 17.1 Å². The van der Waals surface area contributed by atoms with E-state index in [1.165, 1.54) is 0 Å². The van der Waals surface area contributed by atoms with Crippen LogP contribution in [0.25, 0.3) is 0 Å². The topological polar surface area (TPSA) is 150 Å². The summed E-state index contributed by atoms with van der Waals surface area (Å²) in [5.41, 5.74) is -11.3. The van der Waals surface area contributed by atoms with E-state index in [9.17, 15) is 26.3 Å². The van der Waals surface area contributed by atoms with Gasteiger partial charge in [0.15, 0.2) is 20.2 Å². The summed E-state index contributed by atoms with van der Waals surface area (Å²) in [5.74, 6) is 0. The van der Waals surface area contributed by atoms with E-state index in [0.29, 0.717) is 0 Å². The Morgan fingerprint density at radius 3 is 0.769 bits per heavy atom. The molecule has 1 aliphatic rings. The van der Waals surface area contributed by atoms with Crippen molar-refractivity contribution in [1.82, 2.24) is 16.0 Å². The summed E-state index contributed by atoms with van der Waals surface area (Å²) in [7, 11) is -12.2. The quantitative estimate of drug-likeness (QED) is 0.166. The van der Waals surface area contributed by atoms with E-state index in [2.05, 4.69) is 16.0 Å². The van der Waals surface area contributed by atoms with Crippen molar-refractivity contribution >= 4 is 20.2 Å². The summed E-state index contributed by atoms with van der Waals surface area (Å²) in [6.45, 7) is 6.59. The van der Waals surface area contributed by atoms with Crippen molar-refractivity contribution in [1.29, 1.82) is 0 Å². The van der Waals surface area contributed by atoms with Crippen molar-refractivity contribution in [3.05, 3.63) is 0 Å². The summed E-state index contributed by atoms with van der Waals surface area (Å²) in [5, 5.41) is 9.91. The van der Waals surface area contributed by atoms with Gasteiger partial charge in [-0.15, -0.1) is 0 Å². The molecule has 0 spiro atoms. The molecule has 1 aliphatic heterocycles. The molecule has 18 heteroatoms. The first kappa shape index (κ1) is 30.5. The SMILES string of the molecule is C1CNCCNCCN1.O=S(=O)([O-])C(F)(F)F.O=S(=O)([O-])C(F)(F)F.[Cu+2]. The van der Waals surface area contributed by atoms with Gasteiger partial charge >= 0.3 is 28.1 Å². The Bertz CT molecular complexity index is 497. The van der Waals surface area contributed by atoms with Crippen molar-refractivity contribution < 1.29 is 69.4 Å². The first-order valence-corrected chi connectivity index (χ1v) is 8.98. The second kappa shape index (κ2) is 13.1. The third-order valence-electron chi connectivity index (χ3n) is 2.00. The van der Waals surface area contributed by atoms with E-state index >= 15 is 0 Å². The number of alkyl halides is 6. The predicted octanol–water partition coefficient (Wildman–Crippen LogP) is -1.13. The van der Waals surface area contributed by atoms with Gasteiger partial charge < -0.3 is 25.1 Å². The number of rotatable bonds is 0. The molecule has 0 bridgehead atoms. The van der Waals surface area contributed by atoms with Crippen LogP contribution in [0, 0.1) is 0 Å². The monoisotopic (exact) mass is 490 g/mol. The zero-order valence-corrected chi connectivity index (χ0v) is 15.2. The van der Waals surface area contributed by atoms with E-state index in [1.807, 2.05) is 0 Å². The maximum atomic E-state index is 10.7. The summed E-state index contributed by atoms with van der Waals surface area (Å²) in [6, 6.07) is 0. The number of nitrogens with one attached hydrogen (secondary N) is 3. The minimum Gasteiger partial charge on any atom is -0.741 e. The van der Waals surface area contributed by atoms with Crippen LogP contribution >= 0.6 is 0 Å². The molecule has 3 N–H and O–H groups in total. The van der Waals surface area contributed by atoms with Gasteiger partial charge in [0, 0.05) is 39.3 Å².